The highest BCUT2D eigenvalue weighted by Gasteiger charge is 2.29. The van der Waals surface area contributed by atoms with Crippen molar-refractivity contribution >= 4 is 35.1 Å². The summed E-state index contributed by atoms with van der Waals surface area (Å²) in [5.41, 5.74) is 0. The number of halogens is 1. The lowest BCUT2D eigenvalue weighted by atomic mass is 10.2. The molecule has 2 heterocycles. The van der Waals surface area contributed by atoms with Crippen molar-refractivity contribution < 1.29 is 9.90 Å². The number of nitrogens with one attached hydrogen (secondary N) is 1. The van der Waals surface area contributed by atoms with Crippen molar-refractivity contribution in [3.8, 4) is 0 Å². The second kappa shape index (κ2) is 5.73. The smallest absolute Gasteiger partial charge is 0.327 e. The number of piperazine rings is 1. The van der Waals surface area contributed by atoms with Gasteiger partial charge in [0.2, 0.25) is 0 Å². The molecule has 0 aromatic carbocycles. The fourth-order valence-electron chi connectivity index (χ4n) is 1.82. The van der Waals surface area contributed by atoms with Gasteiger partial charge in [-0.25, -0.2) is 14.8 Å². The number of carboxylic acid groups (broad SMARTS) is 1. The van der Waals surface area contributed by atoms with Crippen molar-refractivity contribution in [3.05, 3.63) is 11.2 Å². The number of carboxylic acids is 1. The zero-order valence-electron chi connectivity index (χ0n) is 9.76. The highest BCUT2D eigenvalue weighted by atomic mass is 35.5. The minimum absolute atomic E-state index is 0.326. The average molecular weight is 289 g/mol. The SMILES string of the molecule is CSc1nc(Cl)cc(N2CCNC[C@H]2C(=O)O)n1. The summed E-state index contributed by atoms with van der Waals surface area (Å²) in [6.45, 7) is 1.70. The van der Waals surface area contributed by atoms with Crippen LogP contribution in [0.25, 0.3) is 0 Å². The zero-order valence-corrected chi connectivity index (χ0v) is 11.3. The second-order valence-corrected chi connectivity index (χ2v) is 4.95. The van der Waals surface area contributed by atoms with Crippen LogP contribution >= 0.6 is 23.4 Å². The summed E-state index contributed by atoms with van der Waals surface area (Å²) in [4.78, 5) is 21.3. The number of carbonyl (C=O) groups is 1. The van der Waals surface area contributed by atoms with Crippen LogP contribution in [-0.4, -0.2) is 53.0 Å². The minimum atomic E-state index is -0.873. The quantitative estimate of drug-likeness (QED) is 0.482. The van der Waals surface area contributed by atoms with E-state index in [1.165, 1.54) is 11.8 Å². The molecule has 18 heavy (non-hydrogen) atoms. The Morgan fingerprint density at radius 2 is 2.44 bits per heavy atom. The summed E-state index contributed by atoms with van der Waals surface area (Å²) < 4.78 is 0. The molecule has 1 aliphatic rings. The molecule has 0 aliphatic carbocycles. The van der Waals surface area contributed by atoms with Gasteiger partial charge in [-0.1, -0.05) is 23.4 Å². The molecule has 1 aromatic heterocycles. The van der Waals surface area contributed by atoms with Gasteiger partial charge in [0.15, 0.2) is 5.16 Å². The van der Waals surface area contributed by atoms with Gasteiger partial charge < -0.3 is 15.3 Å². The number of nitrogens with zero attached hydrogens (tertiary/aromatic N) is 3. The summed E-state index contributed by atoms with van der Waals surface area (Å²) in [5.74, 6) is -0.309. The standard InChI is InChI=1S/C10H13ClN4O2S/c1-18-10-13-7(11)4-8(14-10)15-3-2-12-5-6(15)9(16)17/h4,6,12H,2-3,5H2,1H3,(H,16,17)/t6-/m0/s1. The van der Waals surface area contributed by atoms with Crippen LogP contribution in [-0.2, 0) is 4.79 Å². The van der Waals surface area contributed by atoms with Crippen LogP contribution in [0, 0.1) is 0 Å². The van der Waals surface area contributed by atoms with E-state index >= 15 is 0 Å². The highest BCUT2D eigenvalue weighted by molar-refractivity contribution is 7.98. The van der Waals surface area contributed by atoms with E-state index in [0.717, 1.165) is 6.54 Å². The fraction of sp³-hybridized carbons (Fsp3) is 0.500. The first-order chi connectivity index (χ1) is 8.61. The predicted octanol–water partition coefficient (Wildman–Crippen LogP) is 0.715. The molecule has 2 rings (SSSR count). The van der Waals surface area contributed by atoms with Crippen molar-refractivity contribution in [1.82, 2.24) is 15.3 Å². The minimum Gasteiger partial charge on any atom is -0.480 e. The van der Waals surface area contributed by atoms with E-state index in [4.69, 9.17) is 11.6 Å². The number of rotatable bonds is 3. The van der Waals surface area contributed by atoms with Crippen LogP contribution in [0.5, 0.6) is 0 Å². The third-order valence-corrected chi connectivity index (χ3v) is 3.41. The molecule has 0 saturated carbocycles. The number of thioether (sulfide) groups is 1. The van der Waals surface area contributed by atoms with Crippen molar-refractivity contribution in [2.75, 3.05) is 30.8 Å². The molecular weight excluding hydrogens is 276 g/mol. The summed E-state index contributed by atoms with van der Waals surface area (Å²) in [6.07, 6.45) is 1.85. The van der Waals surface area contributed by atoms with Gasteiger partial charge in [0.25, 0.3) is 0 Å². The van der Waals surface area contributed by atoms with Gasteiger partial charge in [-0.2, -0.15) is 0 Å². The Bertz CT molecular complexity index is 460. The largest absolute Gasteiger partial charge is 0.480 e. The molecule has 0 radical (unpaired) electrons. The molecule has 0 unspecified atom stereocenters. The first-order valence-electron chi connectivity index (χ1n) is 5.40. The summed E-state index contributed by atoms with van der Waals surface area (Å²) >= 11 is 7.30. The molecule has 6 nitrogen and oxygen atoms in total. The Morgan fingerprint density at radius 3 is 3.11 bits per heavy atom. The van der Waals surface area contributed by atoms with E-state index in [0.29, 0.717) is 29.2 Å². The van der Waals surface area contributed by atoms with E-state index in [9.17, 15) is 9.90 Å². The molecule has 2 N–H and O–H groups in total. The molecule has 1 atom stereocenters. The maximum atomic E-state index is 11.2. The van der Waals surface area contributed by atoms with Crippen LogP contribution in [0.1, 0.15) is 0 Å². The molecule has 1 saturated heterocycles. The van der Waals surface area contributed by atoms with Crippen molar-refractivity contribution in [2.45, 2.75) is 11.2 Å². The van der Waals surface area contributed by atoms with E-state index in [-0.39, 0.29) is 0 Å². The lowest BCUT2D eigenvalue weighted by Gasteiger charge is -2.34. The van der Waals surface area contributed by atoms with Gasteiger partial charge in [-0.15, -0.1) is 0 Å². The van der Waals surface area contributed by atoms with Gasteiger partial charge >= 0.3 is 5.97 Å². The van der Waals surface area contributed by atoms with Crippen molar-refractivity contribution in [3.63, 3.8) is 0 Å². The maximum absolute atomic E-state index is 11.2. The van der Waals surface area contributed by atoms with Gasteiger partial charge in [0.05, 0.1) is 0 Å². The molecule has 0 amide bonds. The third-order valence-electron chi connectivity index (χ3n) is 2.67. The van der Waals surface area contributed by atoms with Gasteiger partial charge in [0.1, 0.15) is 17.0 Å². The Morgan fingerprint density at radius 1 is 1.67 bits per heavy atom. The number of hydrogen-bond donors (Lipinski definition) is 2. The van der Waals surface area contributed by atoms with Gasteiger partial charge in [-0.3, -0.25) is 0 Å². The van der Waals surface area contributed by atoms with Crippen LogP contribution < -0.4 is 10.2 Å². The molecule has 1 aromatic rings. The zero-order chi connectivity index (χ0) is 13.1. The first-order valence-corrected chi connectivity index (χ1v) is 7.01. The van der Waals surface area contributed by atoms with E-state index < -0.39 is 12.0 Å². The van der Waals surface area contributed by atoms with Crippen LogP contribution in [0.15, 0.2) is 11.2 Å². The van der Waals surface area contributed by atoms with Crippen LogP contribution in [0.3, 0.4) is 0 Å². The second-order valence-electron chi connectivity index (χ2n) is 3.79. The van der Waals surface area contributed by atoms with E-state index in [2.05, 4.69) is 15.3 Å². The molecule has 98 valence electrons. The maximum Gasteiger partial charge on any atom is 0.327 e. The van der Waals surface area contributed by atoms with E-state index in [1.54, 1.807) is 11.0 Å². The number of aliphatic carboxylic acids is 1. The van der Waals surface area contributed by atoms with Gasteiger partial charge in [0, 0.05) is 25.7 Å². The number of hydrogen-bond acceptors (Lipinski definition) is 6. The Labute approximate surface area is 114 Å². The normalized spacial score (nSPS) is 19.9. The Hall–Kier alpha value is -1.05. The summed E-state index contributed by atoms with van der Waals surface area (Å²) in [6, 6.07) is 0.974. The van der Waals surface area contributed by atoms with Crippen LogP contribution in [0.4, 0.5) is 5.82 Å². The average Bonchev–Trinajstić information content (AvgIpc) is 2.38. The molecule has 8 heteroatoms. The monoisotopic (exact) mass is 288 g/mol. The summed E-state index contributed by atoms with van der Waals surface area (Å²) in [5, 5.41) is 13.1. The number of aromatic nitrogens is 2. The highest BCUT2D eigenvalue weighted by Crippen LogP contribution is 2.22. The topological polar surface area (TPSA) is 78.4 Å². The molecule has 0 spiro atoms. The molecule has 1 fully saturated rings. The third kappa shape index (κ3) is 2.85. The van der Waals surface area contributed by atoms with Gasteiger partial charge in [-0.05, 0) is 6.26 Å². The Kier molecular flexibility index (Phi) is 4.26. The lowest BCUT2D eigenvalue weighted by molar-refractivity contribution is -0.138. The first kappa shape index (κ1) is 13.4. The Balaban J connectivity index is 2.33. The van der Waals surface area contributed by atoms with Crippen molar-refractivity contribution in [2.24, 2.45) is 0 Å². The van der Waals surface area contributed by atoms with Crippen molar-refractivity contribution in [1.29, 1.82) is 0 Å². The van der Waals surface area contributed by atoms with E-state index in [1.807, 2.05) is 6.26 Å². The predicted molar refractivity (Wildman–Crippen MR) is 70.5 cm³/mol. The molecule has 0 bridgehead atoms. The van der Waals surface area contributed by atoms with Crippen LogP contribution in [0.2, 0.25) is 5.15 Å². The molecule has 1 aliphatic heterocycles. The number of anilines is 1. The molecular formula is C10H13ClN4O2S. The lowest BCUT2D eigenvalue weighted by Crippen LogP contribution is -2.55. The summed E-state index contributed by atoms with van der Waals surface area (Å²) in [7, 11) is 0. The fourth-order valence-corrected chi connectivity index (χ4v) is 2.43.